The molecule has 0 aliphatic carbocycles. The van der Waals surface area contributed by atoms with Gasteiger partial charge in [0.25, 0.3) is 5.91 Å². The van der Waals surface area contributed by atoms with Gasteiger partial charge in [-0.15, -0.1) is 11.3 Å². The van der Waals surface area contributed by atoms with E-state index in [9.17, 15) is 9.18 Å². The summed E-state index contributed by atoms with van der Waals surface area (Å²) in [4.78, 5) is 15.5. The molecule has 6 heteroatoms. The molecular weight excluding hydrogens is 241 g/mol. The number of carbonyl (C=O) groups is 1. The third kappa shape index (κ3) is 2.59. The Kier molecular flexibility index (Phi) is 3.06. The highest BCUT2D eigenvalue weighted by molar-refractivity contribution is 7.13. The molecule has 3 N–H and O–H groups in total. The SMILES string of the molecule is Cc1ccc(NC(=O)c2csc(N)n2)c(F)c1. The molecule has 0 spiro atoms. The second-order valence-electron chi connectivity index (χ2n) is 3.51. The van der Waals surface area contributed by atoms with E-state index in [1.54, 1.807) is 13.0 Å². The Labute approximate surface area is 101 Å². The molecular formula is C11H10FN3OS. The molecule has 1 aromatic heterocycles. The molecule has 0 saturated heterocycles. The molecule has 88 valence electrons. The molecule has 0 radical (unpaired) electrons. The number of rotatable bonds is 2. The van der Waals surface area contributed by atoms with Crippen molar-refractivity contribution in [1.82, 2.24) is 4.98 Å². The van der Waals surface area contributed by atoms with Crippen LogP contribution in [0, 0.1) is 12.7 Å². The van der Waals surface area contributed by atoms with Crippen molar-refractivity contribution in [2.45, 2.75) is 6.92 Å². The minimum Gasteiger partial charge on any atom is -0.375 e. The number of amides is 1. The van der Waals surface area contributed by atoms with Crippen LogP contribution >= 0.6 is 11.3 Å². The smallest absolute Gasteiger partial charge is 0.275 e. The van der Waals surface area contributed by atoms with E-state index in [1.165, 1.54) is 17.5 Å². The molecule has 0 atom stereocenters. The van der Waals surface area contributed by atoms with Gasteiger partial charge in [-0.05, 0) is 24.6 Å². The van der Waals surface area contributed by atoms with Crippen LogP contribution in [0.25, 0.3) is 0 Å². The fraction of sp³-hybridized carbons (Fsp3) is 0.0909. The fourth-order valence-electron chi connectivity index (χ4n) is 1.30. The maximum atomic E-state index is 13.5. The number of carbonyl (C=O) groups excluding carboxylic acids is 1. The fourth-order valence-corrected chi connectivity index (χ4v) is 1.84. The van der Waals surface area contributed by atoms with Crippen molar-refractivity contribution >= 4 is 28.1 Å². The van der Waals surface area contributed by atoms with Crippen LogP contribution in [0.15, 0.2) is 23.6 Å². The molecule has 0 aliphatic rings. The standard InChI is InChI=1S/C11H10FN3OS/c1-6-2-3-8(7(12)4-6)14-10(16)9-5-17-11(13)15-9/h2-5H,1H3,(H2,13,15)(H,14,16). The van der Waals surface area contributed by atoms with Gasteiger partial charge < -0.3 is 11.1 Å². The summed E-state index contributed by atoms with van der Waals surface area (Å²) in [6, 6.07) is 4.58. The van der Waals surface area contributed by atoms with Gasteiger partial charge in [-0.1, -0.05) is 6.07 Å². The second kappa shape index (κ2) is 4.50. The molecule has 2 aromatic rings. The van der Waals surface area contributed by atoms with Gasteiger partial charge in [0.1, 0.15) is 11.5 Å². The van der Waals surface area contributed by atoms with Crippen molar-refractivity contribution < 1.29 is 9.18 Å². The van der Waals surface area contributed by atoms with Gasteiger partial charge in [0.15, 0.2) is 5.13 Å². The Balaban J connectivity index is 2.18. The van der Waals surface area contributed by atoms with Gasteiger partial charge in [-0.25, -0.2) is 9.37 Å². The van der Waals surface area contributed by atoms with E-state index in [-0.39, 0.29) is 11.4 Å². The first-order chi connectivity index (χ1) is 8.06. The Morgan fingerprint density at radius 3 is 2.88 bits per heavy atom. The number of hydrogen-bond donors (Lipinski definition) is 2. The highest BCUT2D eigenvalue weighted by atomic mass is 32.1. The molecule has 4 nitrogen and oxygen atoms in total. The summed E-state index contributed by atoms with van der Waals surface area (Å²) in [7, 11) is 0. The zero-order valence-electron chi connectivity index (χ0n) is 9.03. The topological polar surface area (TPSA) is 68.0 Å². The van der Waals surface area contributed by atoms with Crippen LogP contribution in [-0.4, -0.2) is 10.9 Å². The van der Waals surface area contributed by atoms with Gasteiger partial charge in [-0.3, -0.25) is 4.79 Å². The molecule has 17 heavy (non-hydrogen) atoms. The van der Waals surface area contributed by atoms with Gasteiger partial charge in [0.05, 0.1) is 5.69 Å². The van der Waals surface area contributed by atoms with E-state index in [1.807, 2.05) is 0 Å². The number of hydrogen-bond acceptors (Lipinski definition) is 4. The quantitative estimate of drug-likeness (QED) is 0.861. The Hall–Kier alpha value is -1.95. The zero-order valence-corrected chi connectivity index (χ0v) is 9.84. The normalized spacial score (nSPS) is 10.2. The van der Waals surface area contributed by atoms with Crippen LogP contribution in [0.5, 0.6) is 0 Å². The number of benzene rings is 1. The van der Waals surface area contributed by atoms with E-state index in [2.05, 4.69) is 10.3 Å². The molecule has 0 bridgehead atoms. The first kappa shape index (κ1) is 11.5. The number of nitrogens with two attached hydrogens (primary N) is 1. The lowest BCUT2D eigenvalue weighted by Crippen LogP contribution is -2.13. The lowest BCUT2D eigenvalue weighted by atomic mass is 10.2. The van der Waals surface area contributed by atoms with Crippen LogP contribution in [0.3, 0.4) is 0 Å². The zero-order chi connectivity index (χ0) is 12.4. The molecule has 1 heterocycles. The van der Waals surface area contributed by atoms with Crippen LogP contribution in [0.4, 0.5) is 15.2 Å². The molecule has 0 unspecified atom stereocenters. The third-order valence-electron chi connectivity index (χ3n) is 2.13. The summed E-state index contributed by atoms with van der Waals surface area (Å²) in [6.45, 7) is 1.77. The van der Waals surface area contributed by atoms with Gasteiger partial charge in [0.2, 0.25) is 0 Å². The van der Waals surface area contributed by atoms with Crippen molar-refractivity contribution in [3.8, 4) is 0 Å². The van der Waals surface area contributed by atoms with E-state index in [4.69, 9.17) is 5.73 Å². The van der Waals surface area contributed by atoms with E-state index >= 15 is 0 Å². The number of anilines is 2. The average Bonchev–Trinajstić information content (AvgIpc) is 2.69. The predicted molar refractivity (Wildman–Crippen MR) is 65.6 cm³/mol. The van der Waals surface area contributed by atoms with E-state index in [0.29, 0.717) is 5.13 Å². The monoisotopic (exact) mass is 251 g/mol. The lowest BCUT2D eigenvalue weighted by Gasteiger charge is -2.05. The highest BCUT2D eigenvalue weighted by Gasteiger charge is 2.12. The van der Waals surface area contributed by atoms with E-state index in [0.717, 1.165) is 16.9 Å². The summed E-state index contributed by atoms with van der Waals surface area (Å²) >= 11 is 1.16. The molecule has 0 saturated carbocycles. The number of aryl methyl sites for hydroxylation is 1. The number of aromatic nitrogens is 1. The number of thiazole rings is 1. The van der Waals surface area contributed by atoms with Gasteiger partial charge in [-0.2, -0.15) is 0 Å². The van der Waals surface area contributed by atoms with Crippen molar-refractivity contribution in [1.29, 1.82) is 0 Å². The first-order valence-corrected chi connectivity index (χ1v) is 5.73. The van der Waals surface area contributed by atoms with Gasteiger partial charge in [0, 0.05) is 5.38 Å². The number of nitrogen functional groups attached to an aromatic ring is 1. The number of halogens is 1. The third-order valence-corrected chi connectivity index (χ3v) is 2.80. The maximum Gasteiger partial charge on any atom is 0.275 e. The minimum absolute atomic E-state index is 0.132. The summed E-state index contributed by atoms with van der Waals surface area (Å²) in [5, 5.41) is 4.27. The summed E-state index contributed by atoms with van der Waals surface area (Å²) < 4.78 is 13.5. The van der Waals surface area contributed by atoms with Crippen molar-refractivity contribution in [3.63, 3.8) is 0 Å². The van der Waals surface area contributed by atoms with Crippen molar-refractivity contribution in [2.75, 3.05) is 11.1 Å². The minimum atomic E-state index is -0.472. The predicted octanol–water partition coefficient (Wildman–Crippen LogP) is 2.43. The molecule has 0 aliphatic heterocycles. The first-order valence-electron chi connectivity index (χ1n) is 4.85. The highest BCUT2D eigenvalue weighted by Crippen LogP contribution is 2.17. The number of nitrogens with zero attached hydrogens (tertiary/aromatic N) is 1. The molecule has 2 rings (SSSR count). The lowest BCUT2D eigenvalue weighted by molar-refractivity contribution is 0.102. The van der Waals surface area contributed by atoms with Gasteiger partial charge >= 0.3 is 0 Å². The maximum absolute atomic E-state index is 13.5. The molecule has 1 amide bonds. The van der Waals surface area contributed by atoms with Crippen LogP contribution in [-0.2, 0) is 0 Å². The van der Waals surface area contributed by atoms with E-state index < -0.39 is 11.7 Å². The Morgan fingerprint density at radius 2 is 2.29 bits per heavy atom. The van der Waals surface area contributed by atoms with Crippen LogP contribution in [0.1, 0.15) is 16.1 Å². The summed E-state index contributed by atoms with van der Waals surface area (Å²) in [6.07, 6.45) is 0. The number of nitrogens with one attached hydrogen (secondary N) is 1. The summed E-state index contributed by atoms with van der Waals surface area (Å²) in [5.41, 5.74) is 6.52. The van der Waals surface area contributed by atoms with Crippen LogP contribution in [0.2, 0.25) is 0 Å². The largest absolute Gasteiger partial charge is 0.375 e. The van der Waals surface area contributed by atoms with Crippen molar-refractivity contribution in [3.05, 3.63) is 40.7 Å². The molecule has 0 fully saturated rings. The average molecular weight is 251 g/mol. The van der Waals surface area contributed by atoms with Crippen molar-refractivity contribution in [2.24, 2.45) is 0 Å². The Bertz CT molecular complexity index is 568. The summed E-state index contributed by atoms with van der Waals surface area (Å²) in [5.74, 6) is -0.942. The second-order valence-corrected chi connectivity index (χ2v) is 4.40. The Morgan fingerprint density at radius 1 is 1.53 bits per heavy atom. The van der Waals surface area contributed by atoms with Crippen LogP contribution < -0.4 is 11.1 Å². The molecule has 1 aromatic carbocycles.